The van der Waals surface area contributed by atoms with Gasteiger partial charge in [0, 0.05) is 43.6 Å². The van der Waals surface area contributed by atoms with E-state index in [1.54, 1.807) is 0 Å². The average Bonchev–Trinajstić information content (AvgIpc) is 4.10. The fourth-order valence-electron chi connectivity index (χ4n) is 9.86. The molecule has 1 N–H and O–H groups in total. The molecule has 0 aromatic heterocycles. The zero-order valence-electron chi connectivity index (χ0n) is 38.2. The average molecular weight is 836 g/mol. The van der Waals surface area contributed by atoms with Gasteiger partial charge in [-0.1, -0.05) is 205 Å². The molecule has 324 valence electrons. The smallest absolute Gasteiger partial charge is 0.220 e. The van der Waals surface area contributed by atoms with Crippen LogP contribution in [0.3, 0.4) is 0 Å². The maximum absolute atomic E-state index is 11.6. The fourth-order valence-corrected chi connectivity index (χ4v) is 9.86. The quantitative estimate of drug-likeness (QED) is 0.158. The van der Waals surface area contributed by atoms with Crippen LogP contribution in [0.1, 0.15) is 110 Å². The lowest BCUT2D eigenvalue weighted by atomic mass is 9.72. The summed E-state index contributed by atoms with van der Waals surface area (Å²) in [6, 6.07) is 57.9. The van der Waals surface area contributed by atoms with Gasteiger partial charge in [-0.25, -0.2) is 0 Å². The molecule has 1 aliphatic heterocycles. The van der Waals surface area contributed by atoms with Crippen LogP contribution in [-0.4, -0.2) is 23.5 Å². The summed E-state index contributed by atoms with van der Waals surface area (Å²) in [6.07, 6.45) is 6.65. The van der Waals surface area contributed by atoms with Crippen molar-refractivity contribution in [3.63, 3.8) is 0 Å². The first-order valence-corrected chi connectivity index (χ1v) is 23.0. The van der Waals surface area contributed by atoms with E-state index in [2.05, 4.69) is 192 Å². The van der Waals surface area contributed by atoms with Gasteiger partial charge >= 0.3 is 0 Å². The van der Waals surface area contributed by atoms with Gasteiger partial charge in [-0.05, 0) is 92.0 Å². The van der Waals surface area contributed by atoms with Crippen molar-refractivity contribution in [1.82, 2.24) is 5.32 Å². The number of ketones is 2. The van der Waals surface area contributed by atoms with Crippen LogP contribution in [0.25, 0.3) is 33.4 Å². The molecule has 1 saturated heterocycles. The van der Waals surface area contributed by atoms with Crippen LogP contribution in [0.15, 0.2) is 164 Å². The second-order valence-corrected chi connectivity index (χ2v) is 19.6. The van der Waals surface area contributed by atoms with Crippen molar-refractivity contribution in [2.45, 2.75) is 115 Å². The second-order valence-electron chi connectivity index (χ2n) is 19.6. The van der Waals surface area contributed by atoms with E-state index in [-0.39, 0.29) is 28.2 Å². The summed E-state index contributed by atoms with van der Waals surface area (Å²) in [5, 5.41) is 3.10. The van der Waals surface area contributed by atoms with Crippen LogP contribution in [0.4, 0.5) is 0 Å². The third kappa shape index (κ3) is 10.8. The molecule has 3 aliphatic rings. The zero-order chi connectivity index (χ0) is 44.6. The molecule has 4 heteroatoms. The van der Waals surface area contributed by atoms with E-state index in [9.17, 15) is 14.4 Å². The first-order valence-electron chi connectivity index (χ1n) is 23.0. The maximum Gasteiger partial charge on any atom is 0.220 e. The highest BCUT2D eigenvalue weighted by molar-refractivity contribution is 5.81. The molecular formula is C59H65NO3. The minimum Gasteiger partial charge on any atom is -0.352 e. The van der Waals surface area contributed by atoms with E-state index < -0.39 is 0 Å². The number of amides is 1. The molecule has 0 bridgehead atoms. The van der Waals surface area contributed by atoms with Crippen LogP contribution in [0, 0.1) is 11.8 Å². The van der Waals surface area contributed by atoms with Gasteiger partial charge in [-0.15, -0.1) is 0 Å². The molecule has 3 fully saturated rings. The van der Waals surface area contributed by atoms with Crippen molar-refractivity contribution in [2.24, 2.45) is 11.8 Å². The van der Waals surface area contributed by atoms with Crippen molar-refractivity contribution in [1.29, 1.82) is 0 Å². The molecule has 9 rings (SSSR count). The van der Waals surface area contributed by atoms with Crippen LogP contribution in [0.2, 0.25) is 0 Å². The molecule has 0 spiro atoms. The Morgan fingerprint density at radius 1 is 0.365 bits per heavy atom. The Morgan fingerprint density at radius 2 is 0.667 bits per heavy atom. The number of Topliss-reactive ketones (excluding diaryl/α,β-unsaturated/α-hetero) is 2. The van der Waals surface area contributed by atoms with Crippen molar-refractivity contribution in [2.75, 3.05) is 0 Å². The van der Waals surface area contributed by atoms with Gasteiger partial charge < -0.3 is 5.32 Å². The molecule has 3 unspecified atom stereocenters. The first-order chi connectivity index (χ1) is 30.2. The number of nitrogens with one attached hydrogen (secondary N) is 1. The summed E-state index contributed by atoms with van der Waals surface area (Å²) in [5.74, 6) is 1.98. The summed E-state index contributed by atoms with van der Waals surface area (Å²) in [7, 11) is 0. The van der Waals surface area contributed by atoms with Gasteiger partial charge in [0.1, 0.15) is 11.6 Å². The number of carbonyl (C=O) groups excluding carboxylic acids is 3. The third-order valence-electron chi connectivity index (χ3n) is 14.6. The van der Waals surface area contributed by atoms with E-state index in [0.29, 0.717) is 29.8 Å². The summed E-state index contributed by atoms with van der Waals surface area (Å²) in [4.78, 5) is 34.6. The summed E-state index contributed by atoms with van der Waals surface area (Å²) >= 11 is 0. The Labute approximate surface area is 376 Å². The third-order valence-corrected chi connectivity index (χ3v) is 14.6. The van der Waals surface area contributed by atoms with Gasteiger partial charge in [0.2, 0.25) is 5.91 Å². The predicted molar refractivity (Wildman–Crippen MR) is 261 cm³/mol. The fraction of sp³-hybridized carbons (Fsp3) is 0.339. The Hall–Kier alpha value is -5.87. The lowest BCUT2D eigenvalue weighted by Crippen LogP contribution is -2.41. The molecule has 1 heterocycles. The standard InChI is InChI=1S/2C20H22O.C19H21NO/c2*1-20(2,18-12-13-19(21)14-18)17-10-8-16(9-11-17)15-6-4-3-5-7-15;1-19(2,17-12-13-18(21)20-17)16-10-8-15(9-11-16)14-6-4-3-5-7-14/h2*3-11,18H,12-14H2,1-2H3;3-11,17H,12-13H2,1-2H3,(H,20,21). The lowest BCUT2D eigenvalue weighted by Gasteiger charge is -2.32. The second kappa shape index (κ2) is 19.7. The van der Waals surface area contributed by atoms with Crippen LogP contribution >= 0.6 is 0 Å². The van der Waals surface area contributed by atoms with E-state index in [1.165, 1.54) is 50.1 Å². The van der Waals surface area contributed by atoms with Gasteiger partial charge in [0.05, 0.1) is 0 Å². The molecule has 0 radical (unpaired) electrons. The molecule has 63 heavy (non-hydrogen) atoms. The first kappa shape index (κ1) is 45.2. The predicted octanol–water partition coefficient (Wildman–Crippen LogP) is 13.9. The normalized spacial score (nSPS) is 18.8. The lowest BCUT2D eigenvalue weighted by molar-refractivity contribution is -0.120. The Kier molecular flexibility index (Phi) is 14.1. The number of benzene rings is 6. The van der Waals surface area contributed by atoms with Crippen molar-refractivity contribution >= 4 is 17.5 Å². The van der Waals surface area contributed by atoms with Crippen molar-refractivity contribution in [3.8, 4) is 33.4 Å². The highest BCUT2D eigenvalue weighted by Crippen LogP contribution is 2.42. The highest BCUT2D eigenvalue weighted by atomic mass is 16.2. The molecule has 3 atom stereocenters. The van der Waals surface area contributed by atoms with Crippen LogP contribution in [0.5, 0.6) is 0 Å². The van der Waals surface area contributed by atoms with Crippen molar-refractivity contribution < 1.29 is 14.4 Å². The number of hydrogen-bond donors (Lipinski definition) is 1. The van der Waals surface area contributed by atoms with Gasteiger partial charge in [-0.3, -0.25) is 14.4 Å². The number of hydrogen-bond acceptors (Lipinski definition) is 3. The molecule has 4 nitrogen and oxygen atoms in total. The Bertz CT molecular complexity index is 2150. The van der Waals surface area contributed by atoms with E-state index >= 15 is 0 Å². The van der Waals surface area contributed by atoms with E-state index in [0.717, 1.165) is 44.9 Å². The molecular weight excluding hydrogens is 771 g/mol. The van der Waals surface area contributed by atoms with E-state index in [4.69, 9.17) is 0 Å². The topological polar surface area (TPSA) is 63.2 Å². The van der Waals surface area contributed by atoms with Gasteiger partial charge in [-0.2, -0.15) is 0 Å². The van der Waals surface area contributed by atoms with E-state index in [1.807, 2.05) is 18.2 Å². The number of carbonyl (C=O) groups is 3. The Balaban J connectivity index is 0.000000142. The largest absolute Gasteiger partial charge is 0.352 e. The van der Waals surface area contributed by atoms with Gasteiger partial charge in [0.15, 0.2) is 0 Å². The molecule has 1 amide bonds. The molecule has 6 aromatic rings. The Morgan fingerprint density at radius 3 is 0.937 bits per heavy atom. The summed E-state index contributed by atoms with van der Waals surface area (Å²) in [6.45, 7) is 13.5. The molecule has 6 aromatic carbocycles. The number of rotatable bonds is 9. The monoisotopic (exact) mass is 835 g/mol. The molecule has 2 aliphatic carbocycles. The minimum absolute atomic E-state index is 0.0403. The SMILES string of the molecule is CC(C)(c1ccc(-c2ccccc2)cc1)C1CCC(=O)C1.CC(C)(c1ccc(-c2ccccc2)cc1)C1CCC(=O)C1.CC(C)(c1ccc(-c2ccccc2)cc1)C1CCC(=O)N1. The minimum atomic E-state index is -0.0403. The van der Waals surface area contributed by atoms with Crippen LogP contribution < -0.4 is 5.32 Å². The summed E-state index contributed by atoms with van der Waals surface area (Å²) in [5.41, 5.74) is 11.5. The van der Waals surface area contributed by atoms with Gasteiger partial charge in [0.25, 0.3) is 0 Å². The van der Waals surface area contributed by atoms with Crippen molar-refractivity contribution in [3.05, 3.63) is 180 Å². The van der Waals surface area contributed by atoms with Crippen LogP contribution in [-0.2, 0) is 30.6 Å². The zero-order valence-corrected chi connectivity index (χ0v) is 38.2. The maximum atomic E-state index is 11.6. The summed E-state index contributed by atoms with van der Waals surface area (Å²) < 4.78 is 0. The molecule has 2 saturated carbocycles. The highest BCUT2D eigenvalue weighted by Gasteiger charge is 2.38.